The second kappa shape index (κ2) is 6.73. The summed E-state index contributed by atoms with van der Waals surface area (Å²) in [4.78, 5) is 11.3. The smallest absolute Gasteiger partial charge is 0.241 e. The first-order chi connectivity index (χ1) is 7.04. The highest BCUT2D eigenvalue weighted by molar-refractivity contribution is 9.10. The Labute approximate surface area is 109 Å². The first-order valence-corrected chi connectivity index (χ1v) is 5.24. The second-order valence-corrected chi connectivity index (χ2v) is 3.98. The van der Waals surface area contributed by atoms with E-state index < -0.39 is 6.04 Å². The highest BCUT2D eigenvalue weighted by Crippen LogP contribution is 2.27. The Kier molecular flexibility index (Phi) is 6.40. The third-order valence-corrected chi connectivity index (χ3v) is 2.49. The lowest BCUT2D eigenvalue weighted by molar-refractivity contribution is -0.117. The van der Waals surface area contributed by atoms with Crippen LogP contribution in [0.4, 0.5) is 5.69 Å². The van der Waals surface area contributed by atoms with Crippen molar-refractivity contribution in [2.75, 3.05) is 12.4 Å². The zero-order chi connectivity index (χ0) is 11.4. The molecule has 1 unspecified atom stereocenters. The van der Waals surface area contributed by atoms with Gasteiger partial charge in [0, 0.05) is 11.8 Å². The van der Waals surface area contributed by atoms with Gasteiger partial charge in [0.25, 0.3) is 0 Å². The van der Waals surface area contributed by atoms with E-state index in [1.807, 2.05) is 0 Å². The van der Waals surface area contributed by atoms with Crippen LogP contribution >= 0.6 is 28.3 Å². The molecule has 0 fully saturated rings. The van der Waals surface area contributed by atoms with E-state index in [4.69, 9.17) is 10.5 Å². The summed E-state index contributed by atoms with van der Waals surface area (Å²) in [6.07, 6.45) is 0. The molecule has 0 heterocycles. The number of rotatable bonds is 3. The zero-order valence-corrected chi connectivity index (χ0v) is 11.4. The van der Waals surface area contributed by atoms with Crippen molar-refractivity contribution in [1.82, 2.24) is 0 Å². The summed E-state index contributed by atoms with van der Waals surface area (Å²) < 4.78 is 5.94. The highest BCUT2D eigenvalue weighted by atomic mass is 79.9. The predicted octanol–water partition coefficient (Wildman–Crippen LogP) is 2.17. The van der Waals surface area contributed by atoms with E-state index in [0.717, 1.165) is 4.47 Å². The van der Waals surface area contributed by atoms with Gasteiger partial charge >= 0.3 is 0 Å². The van der Waals surface area contributed by atoms with Crippen molar-refractivity contribution in [2.24, 2.45) is 5.73 Å². The van der Waals surface area contributed by atoms with Gasteiger partial charge in [-0.2, -0.15) is 0 Å². The van der Waals surface area contributed by atoms with E-state index in [9.17, 15) is 4.79 Å². The number of nitrogens with one attached hydrogen (secondary N) is 1. The number of benzene rings is 1. The molecule has 6 heteroatoms. The van der Waals surface area contributed by atoms with Crippen LogP contribution in [0.15, 0.2) is 22.7 Å². The van der Waals surface area contributed by atoms with Gasteiger partial charge in [0.15, 0.2) is 0 Å². The van der Waals surface area contributed by atoms with E-state index in [1.54, 1.807) is 32.2 Å². The van der Waals surface area contributed by atoms with Crippen LogP contribution in [0.5, 0.6) is 5.75 Å². The molecular formula is C10H14BrClN2O2. The number of amides is 1. The van der Waals surface area contributed by atoms with Crippen molar-refractivity contribution < 1.29 is 9.53 Å². The summed E-state index contributed by atoms with van der Waals surface area (Å²) in [6, 6.07) is 4.77. The van der Waals surface area contributed by atoms with Gasteiger partial charge in [0.2, 0.25) is 5.91 Å². The first kappa shape index (κ1) is 15.2. The van der Waals surface area contributed by atoms with Gasteiger partial charge in [-0.05, 0) is 35.0 Å². The first-order valence-electron chi connectivity index (χ1n) is 4.44. The molecular weight excluding hydrogens is 295 g/mol. The molecule has 1 aromatic rings. The van der Waals surface area contributed by atoms with Gasteiger partial charge in [-0.1, -0.05) is 0 Å². The molecule has 0 spiro atoms. The average molecular weight is 310 g/mol. The molecule has 16 heavy (non-hydrogen) atoms. The molecule has 1 aromatic carbocycles. The lowest BCUT2D eigenvalue weighted by atomic mass is 10.2. The standard InChI is InChI=1S/C10H13BrN2O2.ClH/c1-6(12)10(14)13-7-3-4-8(11)9(5-7)15-2;/h3-6H,12H2,1-2H3,(H,13,14);1H. The summed E-state index contributed by atoms with van der Waals surface area (Å²) in [5.41, 5.74) is 6.10. The number of hydrogen-bond acceptors (Lipinski definition) is 3. The molecule has 1 rings (SSSR count). The average Bonchev–Trinajstić information content (AvgIpc) is 2.20. The van der Waals surface area contributed by atoms with Gasteiger partial charge in [-0.25, -0.2) is 0 Å². The van der Waals surface area contributed by atoms with Crippen LogP contribution < -0.4 is 15.8 Å². The maximum absolute atomic E-state index is 11.3. The SMILES string of the molecule is COc1cc(NC(=O)C(C)N)ccc1Br.Cl. The number of nitrogens with two attached hydrogens (primary N) is 1. The number of halogens is 2. The Morgan fingerprint density at radius 3 is 2.69 bits per heavy atom. The quantitative estimate of drug-likeness (QED) is 0.899. The molecule has 0 radical (unpaired) electrons. The number of anilines is 1. The topological polar surface area (TPSA) is 64.3 Å². The number of ether oxygens (including phenoxy) is 1. The van der Waals surface area contributed by atoms with E-state index in [0.29, 0.717) is 11.4 Å². The van der Waals surface area contributed by atoms with Gasteiger partial charge in [0.05, 0.1) is 17.6 Å². The fourth-order valence-corrected chi connectivity index (χ4v) is 1.40. The molecule has 0 saturated carbocycles. The van der Waals surface area contributed by atoms with E-state index in [1.165, 1.54) is 0 Å². The maximum atomic E-state index is 11.3. The van der Waals surface area contributed by atoms with Crippen molar-refractivity contribution in [3.63, 3.8) is 0 Å². The molecule has 0 aliphatic rings. The Balaban J connectivity index is 0.00000225. The third kappa shape index (κ3) is 4.00. The van der Waals surface area contributed by atoms with Crippen molar-refractivity contribution in [3.05, 3.63) is 22.7 Å². The minimum Gasteiger partial charge on any atom is -0.495 e. The lowest BCUT2D eigenvalue weighted by Gasteiger charge is -2.09. The summed E-state index contributed by atoms with van der Waals surface area (Å²) in [7, 11) is 1.57. The summed E-state index contributed by atoms with van der Waals surface area (Å²) in [6.45, 7) is 1.63. The van der Waals surface area contributed by atoms with E-state index in [-0.39, 0.29) is 18.3 Å². The van der Waals surface area contributed by atoms with Gasteiger partial charge in [0.1, 0.15) is 5.75 Å². The number of hydrogen-bond donors (Lipinski definition) is 2. The number of methoxy groups -OCH3 is 1. The molecule has 0 bridgehead atoms. The Bertz CT molecular complexity index is 372. The van der Waals surface area contributed by atoms with Crippen LogP contribution in [0.2, 0.25) is 0 Å². The van der Waals surface area contributed by atoms with Crippen LogP contribution in [0.3, 0.4) is 0 Å². The van der Waals surface area contributed by atoms with Gasteiger partial charge in [-0.3, -0.25) is 4.79 Å². The third-order valence-electron chi connectivity index (χ3n) is 1.83. The predicted molar refractivity (Wildman–Crippen MR) is 70.2 cm³/mol. The van der Waals surface area contributed by atoms with E-state index >= 15 is 0 Å². The normalized spacial score (nSPS) is 11.2. The van der Waals surface area contributed by atoms with Crippen molar-refractivity contribution in [3.8, 4) is 5.75 Å². The number of carbonyl (C=O) groups is 1. The molecule has 1 amide bonds. The monoisotopic (exact) mass is 308 g/mol. The largest absolute Gasteiger partial charge is 0.495 e. The zero-order valence-electron chi connectivity index (χ0n) is 8.99. The molecule has 1 atom stereocenters. The molecule has 4 nitrogen and oxygen atoms in total. The van der Waals surface area contributed by atoms with Crippen molar-refractivity contribution in [1.29, 1.82) is 0 Å². The Morgan fingerprint density at radius 2 is 2.19 bits per heavy atom. The van der Waals surface area contributed by atoms with Crippen LogP contribution in [-0.4, -0.2) is 19.1 Å². The molecule has 0 aliphatic carbocycles. The van der Waals surface area contributed by atoms with E-state index in [2.05, 4.69) is 21.2 Å². The fourth-order valence-electron chi connectivity index (χ4n) is 0.994. The molecule has 0 aromatic heterocycles. The Morgan fingerprint density at radius 1 is 1.56 bits per heavy atom. The van der Waals surface area contributed by atoms with Crippen molar-refractivity contribution in [2.45, 2.75) is 13.0 Å². The minimum atomic E-state index is -0.528. The van der Waals surface area contributed by atoms with Gasteiger partial charge < -0.3 is 15.8 Å². The Hall–Kier alpha value is -0.780. The van der Waals surface area contributed by atoms with Crippen LogP contribution in [0.1, 0.15) is 6.92 Å². The summed E-state index contributed by atoms with van der Waals surface area (Å²) >= 11 is 3.32. The fraction of sp³-hybridized carbons (Fsp3) is 0.300. The number of carbonyl (C=O) groups excluding carboxylic acids is 1. The van der Waals surface area contributed by atoms with Gasteiger partial charge in [-0.15, -0.1) is 12.4 Å². The highest BCUT2D eigenvalue weighted by Gasteiger charge is 2.08. The molecule has 0 saturated heterocycles. The molecule has 0 aliphatic heterocycles. The lowest BCUT2D eigenvalue weighted by Crippen LogP contribution is -2.32. The summed E-state index contributed by atoms with van der Waals surface area (Å²) in [5, 5.41) is 2.68. The van der Waals surface area contributed by atoms with Crippen LogP contribution in [0.25, 0.3) is 0 Å². The minimum absolute atomic E-state index is 0. The molecule has 90 valence electrons. The van der Waals surface area contributed by atoms with Crippen molar-refractivity contribution >= 4 is 39.9 Å². The molecule has 3 N–H and O–H groups in total. The van der Waals surface area contributed by atoms with Crippen LogP contribution in [0, 0.1) is 0 Å². The second-order valence-electron chi connectivity index (χ2n) is 3.13. The maximum Gasteiger partial charge on any atom is 0.241 e. The summed E-state index contributed by atoms with van der Waals surface area (Å²) in [5.74, 6) is 0.442. The van der Waals surface area contributed by atoms with Crippen LogP contribution in [-0.2, 0) is 4.79 Å².